The minimum absolute atomic E-state index is 0.241. The standard InChI is InChI=1S/C23H21N5O2S/c1-2-31-23-25-22(26-27-23)24-21(29)16-7-5-8-17(12-16)28-13-19-18-9-4-3-6-15(18)10-11-20(19)30-14-28/h3-12H,2,13-14H2,1H3,(H2,24,25,26,27,29). The van der Waals surface area contributed by atoms with Gasteiger partial charge < -0.3 is 9.64 Å². The van der Waals surface area contributed by atoms with E-state index in [0.717, 1.165) is 22.8 Å². The molecule has 2 heterocycles. The zero-order valence-corrected chi connectivity index (χ0v) is 17.8. The van der Waals surface area contributed by atoms with Gasteiger partial charge >= 0.3 is 0 Å². The quantitative estimate of drug-likeness (QED) is 0.447. The van der Waals surface area contributed by atoms with Gasteiger partial charge in [0.15, 0.2) is 6.73 Å². The molecule has 3 aromatic carbocycles. The van der Waals surface area contributed by atoms with Gasteiger partial charge in [0.1, 0.15) is 5.75 Å². The first-order valence-corrected chi connectivity index (χ1v) is 11.0. The molecule has 1 aliphatic rings. The fourth-order valence-corrected chi connectivity index (χ4v) is 4.21. The van der Waals surface area contributed by atoms with Crippen LogP contribution >= 0.6 is 11.8 Å². The largest absolute Gasteiger partial charge is 0.473 e. The number of H-pyrrole nitrogens is 1. The molecule has 1 amide bonds. The van der Waals surface area contributed by atoms with Crippen molar-refractivity contribution in [3.63, 3.8) is 0 Å². The number of anilines is 2. The second-order valence-corrected chi connectivity index (χ2v) is 8.37. The lowest BCUT2D eigenvalue weighted by molar-refractivity contribution is 0.102. The van der Waals surface area contributed by atoms with Crippen LogP contribution in [0.5, 0.6) is 5.75 Å². The number of thioether (sulfide) groups is 1. The van der Waals surface area contributed by atoms with Crippen LogP contribution in [0.4, 0.5) is 11.6 Å². The molecule has 0 spiro atoms. The van der Waals surface area contributed by atoms with Gasteiger partial charge in [-0.25, -0.2) is 5.10 Å². The average Bonchev–Trinajstić information content (AvgIpc) is 3.25. The summed E-state index contributed by atoms with van der Waals surface area (Å²) in [6.45, 7) is 3.16. The molecule has 5 rings (SSSR count). The maximum absolute atomic E-state index is 12.7. The number of aromatic amines is 1. The average molecular weight is 432 g/mol. The van der Waals surface area contributed by atoms with E-state index in [1.165, 1.54) is 22.5 Å². The van der Waals surface area contributed by atoms with Gasteiger partial charge in [-0.1, -0.05) is 55.1 Å². The van der Waals surface area contributed by atoms with Crippen LogP contribution in [0.25, 0.3) is 10.8 Å². The molecule has 0 saturated carbocycles. The van der Waals surface area contributed by atoms with Gasteiger partial charge in [0.2, 0.25) is 11.1 Å². The summed E-state index contributed by atoms with van der Waals surface area (Å²) in [6, 6.07) is 19.9. The summed E-state index contributed by atoms with van der Waals surface area (Å²) in [4.78, 5) is 19.1. The van der Waals surface area contributed by atoms with Crippen molar-refractivity contribution in [3.05, 3.63) is 71.8 Å². The van der Waals surface area contributed by atoms with E-state index >= 15 is 0 Å². The molecule has 156 valence electrons. The second-order valence-electron chi connectivity index (χ2n) is 7.14. The monoisotopic (exact) mass is 431 g/mol. The van der Waals surface area contributed by atoms with Crippen molar-refractivity contribution < 1.29 is 9.53 Å². The Hall–Kier alpha value is -3.52. The Morgan fingerprint density at radius 2 is 2.10 bits per heavy atom. The summed E-state index contributed by atoms with van der Waals surface area (Å²) in [5.41, 5.74) is 2.62. The third kappa shape index (κ3) is 3.94. The van der Waals surface area contributed by atoms with Gasteiger partial charge in [-0.3, -0.25) is 10.1 Å². The Balaban J connectivity index is 1.37. The number of nitrogens with zero attached hydrogens (tertiary/aromatic N) is 3. The molecule has 31 heavy (non-hydrogen) atoms. The molecule has 1 aromatic heterocycles. The van der Waals surface area contributed by atoms with E-state index in [1.807, 2.05) is 43.3 Å². The molecular formula is C23H21N5O2S. The highest BCUT2D eigenvalue weighted by molar-refractivity contribution is 7.99. The Morgan fingerprint density at radius 1 is 1.19 bits per heavy atom. The van der Waals surface area contributed by atoms with Crippen LogP contribution in [0.1, 0.15) is 22.8 Å². The normalized spacial score (nSPS) is 13.0. The van der Waals surface area contributed by atoms with Gasteiger partial charge in [-0.15, -0.1) is 5.10 Å². The van der Waals surface area contributed by atoms with Gasteiger partial charge in [-0.05, 0) is 40.8 Å². The third-order valence-electron chi connectivity index (χ3n) is 5.17. The number of aromatic nitrogens is 3. The van der Waals surface area contributed by atoms with Crippen LogP contribution in [0.3, 0.4) is 0 Å². The van der Waals surface area contributed by atoms with Crippen molar-refractivity contribution in [1.82, 2.24) is 15.2 Å². The lowest BCUT2D eigenvalue weighted by Crippen LogP contribution is -2.32. The number of carbonyl (C=O) groups excluding carboxylic acids is 1. The first kappa shape index (κ1) is 19.4. The Morgan fingerprint density at radius 3 is 3.00 bits per heavy atom. The Labute approximate surface area is 183 Å². The molecule has 0 fully saturated rings. The van der Waals surface area contributed by atoms with Crippen LogP contribution in [0.2, 0.25) is 0 Å². The minimum atomic E-state index is -0.241. The predicted octanol–water partition coefficient (Wildman–Crippen LogP) is 4.68. The van der Waals surface area contributed by atoms with Gasteiger partial charge in [0, 0.05) is 16.8 Å². The van der Waals surface area contributed by atoms with Crippen molar-refractivity contribution in [3.8, 4) is 5.75 Å². The van der Waals surface area contributed by atoms with Crippen LogP contribution in [0.15, 0.2) is 65.8 Å². The van der Waals surface area contributed by atoms with E-state index in [2.05, 4.69) is 43.6 Å². The number of hydrogen-bond donors (Lipinski definition) is 2. The zero-order valence-electron chi connectivity index (χ0n) is 17.0. The summed E-state index contributed by atoms with van der Waals surface area (Å²) >= 11 is 1.51. The highest BCUT2D eigenvalue weighted by Crippen LogP contribution is 2.34. The van der Waals surface area contributed by atoms with Crippen molar-refractivity contribution >= 4 is 40.1 Å². The van der Waals surface area contributed by atoms with Gasteiger partial charge in [0.25, 0.3) is 5.91 Å². The van der Waals surface area contributed by atoms with E-state index in [4.69, 9.17) is 4.74 Å². The van der Waals surface area contributed by atoms with Crippen LogP contribution in [0, 0.1) is 0 Å². The molecule has 7 nitrogen and oxygen atoms in total. The molecular weight excluding hydrogens is 410 g/mol. The number of ether oxygens (including phenoxy) is 1. The topological polar surface area (TPSA) is 83.1 Å². The molecule has 8 heteroatoms. The van der Waals surface area contributed by atoms with E-state index in [9.17, 15) is 4.79 Å². The van der Waals surface area contributed by atoms with Crippen molar-refractivity contribution in [1.29, 1.82) is 0 Å². The second kappa shape index (κ2) is 8.31. The maximum Gasteiger partial charge on any atom is 0.258 e. The number of amides is 1. The smallest absolute Gasteiger partial charge is 0.258 e. The zero-order chi connectivity index (χ0) is 21.2. The maximum atomic E-state index is 12.7. The number of nitrogens with one attached hydrogen (secondary N) is 2. The third-order valence-corrected chi connectivity index (χ3v) is 5.90. The van der Waals surface area contributed by atoms with E-state index in [1.54, 1.807) is 6.07 Å². The van der Waals surface area contributed by atoms with Gasteiger partial charge in [0.05, 0.1) is 6.54 Å². The van der Waals surface area contributed by atoms with Crippen molar-refractivity contribution in [2.24, 2.45) is 0 Å². The van der Waals surface area contributed by atoms with E-state index in [0.29, 0.717) is 29.9 Å². The fraction of sp³-hybridized carbons (Fsp3) is 0.174. The molecule has 0 bridgehead atoms. The number of rotatable bonds is 5. The predicted molar refractivity (Wildman–Crippen MR) is 123 cm³/mol. The van der Waals surface area contributed by atoms with Crippen molar-refractivity contribution in [2.75, 3.05) is 22.7 Å². The molecule has 1 aliphatic heterocycles. The molecule has 2 N–H and O–H groups in total. The highest BCUT2D eigenvalue weighted by Gasteiger charge is 2.21. The number of fused-ring (bicyclic) bond motifs is 3. The minimum Gasteiger partial charge on any atom is -0.473 e. The Kier molecular flexibility index (Phi) is 5.21. The SMILES string of the molecule is CCSc1n[nH]c(NC(=O)c2cccc(N3COc4ccc5ccccc5c4C3)c2)n1. The summed E-state index contributed by atoms with van der Waals surface area (Å²) in [6.07, 6.45) is 0. The van der Waals surface area contributed by atoms with Crippen molar-refractivity contribution in [2.45, 2.75) is 18.6 Å². The number of hydrogen-bond acceptors (Lipinski definition) is 6. The summed E-state index contributed by atoms with van der Waals surface area (Å²) < 4.78 is 6.02. The highest BCUT2D eigenvalue weighted by atomic mass is 32.2. The lowest BCUT2D eigenvalue weighted by atomic mass is 10.0. The molecule has 0 atom stereocenters. The first-order valence-electron chi connectivity index (χ1n) is 10.1. The van der Waals surface area contributed by atoms with E-state index in [-0.39, 0.29) is 5.91 Å². The van der Waals surface area contributed by atoms with E-state index < -0.39 is 0 Å². The van der Waals surface area contributed by atoms with Crippen LogP contribution < -0.4 is 15.0 Å². The molecule has 4 aromatic rings. The fourth-order valence-electron chi connectivity index (χ4n) is 3.68. The summed E-state index contributed by atoms with van der Waals surface area (Å²) in [5.74, 6) is 1.88. The molecule has 0 aliphatic carbocycles. The van der Waals surface area contributed by atoms with Crippen LogP contribution in [-0.2, 0) is 6.54 Å². The first-order chi connectivity index (χ1) is 15.2. The lowest BCUT2D eigenvalue weighted by Gasteiger charge is -2.31. The number of carbonyl (C=O) groups is 1. The summed E-state index contributed by atoms with van der Waals surface area (Å²) in [5, 5.41) is 12.6. The Bertz CT molecular complexity index is 1260. The molecule has 0 unspecified atom stereocenters. The van der Waals surface area contributed by atoms with Gasteiger partial charge in [-0.2, -0.15) is 4.98 Å². The number of benzene rings is 3. The van der Waals surface area contributed by atoms with Crippen LogP contribution in [-0.4, -0.2) is 33.6 Å². The summed E-state index contributed by atoms with van der Waals surface area (Å²) in [7, 11) is 0. The molecule has 0 saturated heterocycles. The molecule has 0 radical (unpaired) electrons.